The molecule has 8 nitrogen and oxygen atoms in total. The Morgan fingerprint density at radius 1 is 1.08 bits per heavy atom. The topological polar surface area (TPSA) is 113 Å². The molecule has 0 aliphatic rings. The van der Waals surface area contributed by atoms with Gasteiger partial charge in [-0.05, 0) is 12.1 Å². The number of pyridine rings is 1. The Bertz CT molecular complexity index is 820. The average molecular weight is 342 g/mol. The van der Waals surface area contributed by atoms with Gasteiger partial charge < -0.3 is 20.1 Å². The van der Waals surface area contributed by atoms with Gasteiger partial charge >= 0.3 is 5.97 Å². The first-order chi connectivity index (χ1) is 12.0. The van der Waals surface area contributed by atoms with Crippen molar-refractivity contribution in [3.63, 3.8) is 0 Å². The van der Waals surface area contributed by atoms with Crippen LogP contribution in [0.3, 0.4) is 0 Å². The maximum atomic E-state index is 12.4. The lowest BCUT2D eigenvalue weighted by molar-refractivity contribution is -0.110. The van der Waals surface area contributed by atoms with Crippen molar-refractivity contribution in [3.8, 4) is 5.88 Å². The van der Waals surface area contributed by atoms with E-state index in [0.717, 1.165) is 0 Å². The molecule has 8 heteroatoms. The molecule has 0 spiro atoms. The first-order valence-corrected chi connectivity index (χ1v) is 7.32. The largest absolute Gasteiger partial charge is 0.481 e. The first-order valence-electron chi connectivity index (χ1n) is 7.32. The number of rotatable bonds is 6. The van der Waals surface area contributed by atoms with E-state index >= 15 is 0 Å². The predicted octanol–water partition coefficient (Wildman–Crippen LogP) is 1.93. The van der Waals surface area contributed by atoms with Gasteiger partial charge in [0.05, 0.1) is 19.9 Å². The number of nitrogens with zero attached hydrogens (tertiary/aromatic N) is 1. The number of esters is 1. The van der Waals surface area contributed by atoms with Crippen LogP contribution in [0, 0.1) is 5.41 Å². The number of amides is 1. The highest BCUT2D eigenvalue weighted by molar-refractivity contribution is 6.48. The van der Waals surface area contributed by atoms with Crippen molar-refractivity contribution in [2.45, 2.75) is 0 Å². The predicted molar refractivity (Wildman–Crippen MR) is 93.6 cm³/mol. The summed E-state index contributed by atoms with van der Waals surface area (Å²) < 4.78 is 9.64. The average Bonchev–Trinajstić information content (AvgIpc) is 2.66. The van der Waals surface area contributed by atoms with E-state index in [1.54, 1.807) is 31.3 Å². The number of carbonyl (C=O) groups is 2. The standard InChI is InChI=1S/C17H18N4O4/c1-19-11-7-5-4-6-10(11)14(18)16(22)20-12-8-9-13(24-2)21-15(12)17(23)25-3/h4-9,18-19H,1-3H3,(H,20,22). The van der Waals surface area contributed by atoms with Gasteiger partial charge in [0.15, 0.2) is 5.69 Å². The molecule has 2 rings (SSSR count). The number of anilines is 2. The van der Waals surface area contributed by atoms with Crippen molar-refractivity contribution < 1.29 is 19.1 Å². The third kappa shape index (κ3) is 3.92. The molecule has 3 N–H and O–H groups in total. The van der Waals surface area contributed by atoms with Crippen LogP contribution >= 0.6 is 0 Å². The van der Waals surface area contributed by atoms with Crippen molar-refractivity contribution in [1.29, 1.82) is 5.41 Å². The number of para-hydroxylation sites is 1. The summed E-state index contributed by atoms with van der Waals surface area (Å²) in [6, 6.07) is 9.89. The summed E-state index contributed by atoms with van der Waals surface area (Å²) in [7, 11) is 4.32. The molecule has 25 heavy (non-hydrogen) atoms. The van der Waals surface area contributed by atoms with E-state index in [1.807, 2.05) is 0 Å². The molecule has 0 atom stereocenters. The van der Waals surface area contributed by atoms with Gasteiger partial charge in [0, 0.05) is 24.4 Å². The quantitative estimate of drug-likeness (QED) is 0.546. The lowest BCUT2D eigenvalue weighted by atomic mass is 10.1. The molecule has 1 aromatic carbocycles. The van der Waals surface area contributed by atoms with Gasteiger partial charge in [0.1, 0.15) is 5.71 Å². The Labute approximate surface area is 144 Å². The van der Waals surface area contributed by atoms with Crippen molar-refractivity contribution in [2.75, 3.05) is 31.9 Å². The van der Waals surface area contributed by atoms with E-state index in [1.165, 1.54) is 26.4 Å². The second-order valence-electron chi connectivity index (χ2n) is 4.87. The maximum absolute atomic E-state index is 12.4. The second kappa shape index (κ2) is 7.91. The van der Waals surface area contributed by atoms with E-state index in [9.17, 15) is 9.59 Å². The fraction of sp³-hybridized carbons (Fsp3) is 0.176. The lowest BCUT2D eigenvalue weighted by Crippen LogP contribution is -2.25. The van der Waals surface area contributed by atoms with Gasteiger partial charge in [0.2, 0.25) is 5.88 Å². The van der Waals surface area contributed by atoms with Crippen LogP contribution in [0.25, 0.3) is 0 Å². The molecule has 1 heterocycles. The fourth-order valence-corrected chi connectivity index (χ4v) is 2.13. The maximum Gasteiger partial charge on any atom is 0.358 e. The van der Waals surface area contributed by atoms with E-state index in [2.05, 4.69) is 20.4 Å². The molecule has 0 saturated heterocycles. The van der Waals surface area contributed by atoms with Crippen LogP contribution in [0.2, 0.25) is 0 Å². The normalized spacial score (nSPS) is 9.88. The third-order valence-corrected chi connectivity index (χ3v) is 3.40. The monoisotopic (exact) mass is 342 g/mol. The van der Waals surface area contributed by atoms with Crippen molar-refractivity contribution in [1.82, 2.24) is 4.98 Å². The number of benzene rings is 1. The number of methoxy groups -OCH3 is 2. The van der Waals surface area contributed by atoms with Crippen LogP contribution in [-0.2, 0) is 9.53 Å². The zero-order chi connectivity index (χ0) is 18.4. The molecule has 0 aliphatic carbocycles. The molecule has 2 aromatic rings. The number of nitrogens with one attached hydrogen (secondary N) is 3. The summed E-state index contributed by atoms with van der Waals surface area (Å²) in [5.41, 5.74) is 0.845. The van der Waals surface area contributed by atoms with E-state index in [4.69, 9.17) is 10.1 Å². The Morgan fingerprint density at radius 2 is 1.80 bits per heavy atom. The summed E-state index contributed by atoms with van der Waals surface area (Å²) in [6.07, 6.45) is 0. The molecular formula is C17H18N4O4. The molecule has 0 saturated carbocycles. The summed E-state index contributed by atoms with van der Waals surface area (Å²) in [6.45, 7) is 0. The second-order valence-corrected chi connectivity index (χ2v) is 4.87. The van der Waals surface area contributed by atoms with Crippen LogP contribution < -0.4 is 15.4 Å². The molecular weight excluding hydrogens is 324 g/mol. The number of carbonyl (C=O) groups excluding carboxylic acids is 2. The number of aromatic nitrogens is 1. The van der Waals surface area contributed by atoms with E-state index < -0.39 is 11.9 Å². The molecule has 130 valence electrons. The zero-order valence-corrected chi connectivity index (χ0v) is 14.0. The molecule has 0 radical (unpaired) electrons. The minimum absolute atomic E-state index is 0.107. The Morgan fingerprint density at radius 3 is 2.44 bits per heavy atom. The molecule has 0 fully saturated rings. The van der Waals surface area contributed by atoms with Gasteiger partial charge in [0.25, 0.3) is 5.91 Å². The minimum atomic E-state index is -0.726. The summed E-state index contributed by atoms with van der Waals surface area (Å²) >= 11 is 0. The highest BCUT2D eigenvalue weighted by Gasteiger charge is 2.20. The Hall–Kier alpha value is -3.42. The number of hydrogen-bond donors (Lipinski definition) is 3. The highest BCUT2D eigenvalue weighted by atomic mass is 16.5. The smallest absolute Gasteiger partial charge is 0.358 e. The van der Waals surface area contributed by atoms with Crippen molar-refractivity contribution >= 4 is 29.0 Å². The first kappa shape index (κ1) is 17.9. The SMILES string of the molecule is CNc1ccccc1C(=N)C(=O)Nc1ccc(OC)nc1C(=O)OC. The van der Waals surface area contributed by atoms with Gasteiger partial charge in [-0.1, -0.05) is 18.2 Å². The van der Waals surface area contributed by atoms with Crippen LogP contribution in [0.4, 0.5) is 11.4 Å². The Balaban J connectivity index is 2.31. The third-order valence-electron chi connectivity index (χ3n) is 3.40. The number of hydrogen-bond acceptors (Lipinski definition) is 7. The molecule has 1 amide bonds. The van der Waals surface area contributed by atoms with Gasteiger partial charge in [-0.25, -0.2) is 9.78 Å². The lowest BCUT2D eigenvalue weighted by Gasteiger charge is -2.12. The fourth-order valence-electron chi connectivity index (χ4n) is 2.13. The molecule has 1 aromatic heterocycles. The van der Waals surface area contributed by atoms with Gasteiger partial charge in [-0.3, -0.25) is 10.2 Å². The number of ether oxygens (including phenoxy) is 2. The molecule has 0 unspecified atom stereocenters. The van der Waals surface area contributed by atoms with Gasteiger partial charge in [-0.15, -0.1) is 0 Å². The van der Waals surface area contributed by atoms with Crippen molar-refractivity contribution in [3.05, 3.63) is 47.7 Å². The molecule has 0 aliphatic heterocycles. The summed E-state index contributed by atoms with van der Waals surface area (Å²) in [4.78, 5) is 28.3. The van der Waals surface area contributed by atoms with Crippen LogP contribution in [-0.4, -0.2) is 43.8 Å². The van der Waals surface area contributed by atoms with Crippen LogP contribution in [0.15, 0.2) is 36.4 Å². The summed E-state index contributed by atoms with van der Waals surface area (Å²) in [5, 5.41) is 13.6. The summed E-state index contributed by atoms with van der Waals surface area (Å²) in [5.74, 6) is -1.20. The molecule has 0 bridgehead atoms. The highest BCUT2D eigenvalue weighted by Crippen LogP contribution is 2.20. The zero-order valence-electron chi connectivity index (χ0n) is 14.0. The van der Waals surface area contributed by atoms with Crippen LogP contribution in [0.5, 0.6) is 5.88 Å². The van der Waals surface area contributed by atoms with Crippen molar-refractivity contribution in [2.24, 2.45) is 0 Å². The van der Waals surface area contributed by atoms with Crippen LogP contribution in [0.1, 0.15) is 16.1 Å². The van der Waals surface area contributed by atoms with E-state index in [-0.39, 0.29) is 23.0 Å². The Kier molecular flexibility index (Phi) is 5.67. The van der Waals surface area contributed by atoms with E-state index in [0.29, 0.717) is 11.3 Å². The van der Waals surface area contributed by atoms with Gasteiger partial charge in [-0.2, -0.15) is 0 Å². The minimum Gasteiger partial charge on any atom is -0.481 e.